The quantitative estimate of drug-likeness (QED) is 0.802. The Labute approximate surface area is 101 Å². The van der Waals surface area contributed by atoms with Crippen molar-refractivity contribution in [1.29, 1.82) is 0 Å². The van der Waals surface area contributed by atoms with Gasteiger partial charge in [0.15, 0.2) is 0 Å². The SMILES string of the molecule is COc1ncccc1COC1CCC(=O)CC1. The number of aromatic nitrogens is 1. The minimum atomic E-state index is 0.192. The standard InChI is InChI=1S/C13H17NO3/c1-16-13-10(3-2-8-14-13)9-17-12-6-4-11(15)5-7-12/h2-3,8,12H,4-7,9H2,1H3. The van der Waals surface area contributed by atoms with Gasteiger partial charge in [0.1, 0.15) is 5.78 Å². The number of ether oxygens (including phenoxy) is 2. The normalized spacial score (nSPS) is 17.1. The summed E-state index contributed by atoms with van der Waals surface area (Å²) in [7, 11) is 1.60. The highest BCUT2D eigenvalue weighted by atomic mass is 16.5. The van der Waals surface area contributed by atoms with Crippen LogP contribution in [0.5, 0.6) is 5.88 Å². The molecule has 4 heteroatoms. The molecule has 2 rings (SSSR count). The van der Waals surface area contributed by atoms with Gasteiger partial charge in [0.2, 0.25) is 5.88 Å². The molecule has 0 spiro atoms. The minimum Gasteiger partial charge on any atom is -0.481 e. The number of ketones is 1. The molecule has 1 aliphatic rings. The fraction of sp³-hybridized carbons (Fsp3) is 0.538. The number of hydrogen-bond donors (Lipinski definition) is 0. The van der Waals surface area contributed by atoms with Gasteiger partial charge in [-0.2, -0.15) is 0 Å². The third-order valence-corrected chi connectivity index (χ3v) is 3.01. The van der Waals surface area contributed by atoms with Crippen molar-refractivity contribution >= 4 is 5.78 Å². The lowest BCUT2D eigenvalue weighted by Gasteiger charge is -2.21. The topological polar surface area (TPSA) is 48.4 Å². The summed E-state index contributed by atoms with van der Waals surface area (Å²) in [5.41, 5.74) is 0.951. The van der Waals surface area contributed by atoms with Crippen LogP contribution in [0, 0.1) is 0 Å². The van der Waals surface area contributed by atoms with Gasteiger partial charge in [-0.15, -0.1) is 0 Å². The van der Waals surface area contributed by atoms with E-state index in [0.29, 0.717) is 31.1 Å². The lowest BCUT2D eigenvalue weighted by atomic mass is 9.96. The summed E-state index contributed by atoms with van der Waals surface area (Å²) in [4.78, 5) is 15.2. The monoisotopic (exact) mass is 235 g/mol. The number of hydrogen-bond acceptors (Lipinski definition) is 4. The predicted molar refractivity (Wildman–Crippen MR) is 62.8 cm³/mol. The minimum absolute atomic E-state index is 0.192. The highest BCUT2D eigenvalue weighted by Gasteiger charge is 2.19. The molecule has 0 atom stereocenters. The summed E-state index contributed by atoms with van der Waals surface area (Å²) < 4.78 is 10.9. The van der Waals surface area contributed by atoms with Gasteiger partial charge in [0, 0.05) is 24.6 Å². The number of methoxy groups -OCH3 is 1. The van der Waals surface area contributed by atoms with Gasteiger partial charge in [0.25, 0.3) is 0 Å². The second kappa shape index (κ2) is 5.77. The Kier molecular flexibility index (Phi) is 4.09. The predicted octanol–water partition coefficient (Wildman–Crippen LogP) is 2.12. The molecule has 0 amide bonds. The van der Waals surface area contributed by atoms with Crippen molar-refractivity contribution in [2.45, 2.75) is 38.4 Å². The fourth-order valence-corrected chi connectivity index (χ4v) is 2.01. The highest BCUT2D eigenvalue weighted by molar-refractivity contribution is 5.79. The van der Waals surface area contributed by atoms with Crippen LogP contribution in [0.15, 0.2) is 18.3 Å². The van der Waals surface area contributed by atoms with E-state index in [0.717, 1.165) is 18.4 Å². The van der Waals surface area contributed by atoms with Crippen LogP contribution in [-0.4, -0.2) is 24.0 Å². The van der Waals surface area contributed by atoms with Crippen molar-refractivity contribution in [3.05, 3.63) is 23.9 Å². The highest BCUT2D eigenvalue weighted by Crippen LogP contribution is 2.21. The number of rotatable bonds is 4. The molecule has 1 saturated carbocycles. The van der Waals surface area contributed by atoms with Crippen molar-refractivity contribution in [1.82, 2.24) is 4.98 Å². The van der Waals surface area contributed by atoms with Crippen molar-refractivity contribution in [2.24, 2.45) is 0 Å². The summed E-state index contributed by atoms with van der Waals surface area (Å²) in [5, 5.41) is 0. The molecule has 0 N–H and O–H groups in total. The van der Waals surface area contributed by atoms with Gasteiger partial charge in [-0.25, -0.2) is 4.98 Å². The van der Waals surface area contributed by atoms with Crippen molar-refractivity contribution in [3.8, 4) is 5.88 Å². The average Bonchev–Trinajstić information content (AvgIpc) is 2.38. The van der Waals surface area contributed by atoms with Crippen LogP contribution in [0.4, 0.5) is 0 Å². The molecular formula is C13H17NO3. The molecule has 0 radical (unpaired) electrons. The Balaban J connectivity index is 1.87. The van der Waals surface area contributed by atoms with E-state index >= 15 is 0 Å². The second-order valence-corrected chi connectivity index (χ2v) is 4.22. The van der Waals surface area contributed by atoms with Crippen molar-refractivity contribution < 1.29 is 14.3 Å². The number of carbonyl (C=O) groups excluding carboxylic acids is 1. The van der Waals surface area contributed by atoms with Crippen LogP contribution < -0.4 is 4.74 Å². The molecule has 0 bridgehead atoms. The molecule has 0 saturated heterocycles. The van der Waals surface area contributed by atoms with Crippen LogP contribution >= 0.6 is 0 Å². The summed E-state index contributed by atoms with van der Waals surface area (Å²) in [6.45, 7) is 0.496. The molecule has 92 valence electrons. The number of pyridine rings is 1. The maximum absolute atomic E-state index is 11.1. The smallest absolute Gasteiger partial charge is 0.218 e. The molecular weight excluding hydrogens is 218 g/mol. The van der Waals surface area contributed by atoms with Gasteiger partial charge in [-0.1, -0.05) is 0 Å². The molecule has 0 aromatic carbocycles. The van der Waals surface area contributed by atoms with E-state index in [1.807, 2.05) is 12.1 Å². The molecule has 0 aliphatic heterocycles. The maximum Gasteiger partial charge on any atom is 0.218 e. The fourth-order valence-electron chi connectivity index (χ4n) is 2.01. The maximum atomic E-state index is 11.1. The Bertz CT molecular complexity index is 382. The summed E-state index contributed by atoms with van der Waals surface area (Å²) in [5.74, 6) is 0.961. The first-order chi connectivity index (χ1) is 8.29. The third kappa shape index (κ3) is 3.27. The Morgan fingerprint density at radius 2 is 2.18 bits per heavy atom. The molecule has 17 heavy (non-hydrogen) atoms. The number of carbonyl (C=O) groups is 1. The largest absolute Gasteiger partial charge is 0.481 e. The van der Waals surface area contributed by atoms with E-state index in [4.69, 9.17) is 9.47 Å². The molecule has 1 heterocycles. The zero-order valence-corrected chi connectivity index (χ0v) is 10.0. The first kappa shape index (κ1) is 12.0. The average molecular weight is 235 g/mol. The summed E-state index contributed by atoms with van der Waals surface area (Å²) in [6, 6.07) is 3.81. The molecule has 0 unspecified atom stereocenters. The first-order valence-corrected chi connectivity index (χ1v) is 5.91. The summed E-state index contributed by atoms with van der Waals surface area (Å²) >= 11 is 0. The molecule has 1 aromatic rings. The van der Waals surface area contributed by atoms with E-state index in [1.165, 1.54) is 0 Å². The van der Waals surface area contributed by atoms with Gasteiger partial charge in [-0.05, 0) is 25.0 Å². The van der Waals surface area contributed by atoms with Crippen molar-refractivity contribution in [3.63, 3.8) is 0 Å². The lowest BCUT2D eigenvalue weighted by molar-refractivity contribution is -0.123. The molecule has 1 aromatic heterocycles. The number of nitrogens with zero attached hydrogens (tertiary/aromatic N) is 1. The third-order valence-electron chi connectivity index (χ3n) is 3.01. The zero-order valence-electron chi connectivity index (χ0n) is 10.0. The van der Waals surface area contributed by atoms with Crippen LogP contribution in [0.2, 0.25) is 0 Å². The first-order valence-electron chi connectivity index (χ1n) is 5.91. The molecule has 1 fully saturated rings. The van der Waals surface area contributed by atoms with E-state index in [2.05, 4.69) is 4.98 Å². The van der Waals surface area contributed by atoms with Crippen LogP contribution in [0.25, 0.3) is 0 Å². The van der Waals surface area contributed by atoms with E-state index in [1.54, 1.807) is 13.3 Å². The number of Topliss-reactive ketones (excluding diaryl/α,β-unsaturated/α-hetero) is 1. The summed E-state index contributed by atoms with van der Waals surface area (Å²) in [6.07, 6.45) is 4.85. The second-order valence-electron chi connectivity index (χ2n) is 4.22. The van der Waals surface area contributed by atoms with Gasteiger partial charge >= 0.3 is 0 Å². The zero-order chi connectivity index (χ0) is 12.1. The lowest BCUT2D eigenvalue weighted by Crippen LogP contribution is -2.21. The van der Waals surface area contributed by atoms with E-state index in [-0.39, 0.29) is 6.10 Å². The Morgan fingerprint density at radius 3 is 2.88 bits per heavy atom. The van der Waals surface area contributed by atoms with Gasteiger partial charge < -0.3 is 9.47 Å². The molecule has 4 nitrogen and oxygen atoms in total. The van der Waals surface area contributed by atoms with Gasteiger partial charge in [-0.3, -0.25) is 4.79 Å². The Hall–Kier alpha value is -1.42. The van der Waals surface area contributed by atoms with E-state index < -0.39 is 0 Å². The van der Waals surface area contributed by atoms with Crippen LogP contribution in [0.3, 0.4) is 0 Å². The van der Waals surface area contributed by atoms with Gasteiger partial charge in [0.05, 0.1) is 19.8 Å². The van der Waals surface area contributed by atoms with E-state index in [9.17, 15) is 4.79 Å². The van der Waals surface area contributed by atoms with Crippen LogP contribution in [-0.2, 0) is 16.1 Å². The molecule has 1 aliphatic carbocycles. The Morgan fingerprint density at radius 1 is 1.41 bits per heavy atom. The van der Waals surface area contributed by atoms with Crippen LogP contribution in [0.1, 0.15) is 31.2 Å². The van der Waals surface area contributed by atoms with Crippen molar-refractivity contribution in [2.75, 3.05) is 7.11 Å².